The Labute approximate surface area is 261 Å². The van der Waals surface area contributed by atoms with Crippen LogP contribution in [-0.4, -0.2) is 19.5 Å². The Morgan fingerprint density at radius 2 is 0.867 bits per heavy atom. The molecule has 45 heavy (non-hydrogen) atoms. The summed E-state index contributed by atoms with van der Waals surface area (Å²) in [6.45, 7) is 0. The largest absolute Gasteiger partial charge is 0.309 e. The second kappa shape index (κ2) is 10.4. The maximum Gasteiger partial charge on any atom is 0.164 e. The standard InChI is InChI=1S/C41H28N4/c1-3-11-27(12-4-1)39-42-40(28-13-5-2-6-14-28)44-41(43-39)31-21-23-33-29(25-31)19-20-30-26-32(22-24-34(30)33)45-37-17-9-7-15-35(37)36-16-8-10-18-38(36)45/h1-18,21-26H,19-20H2. The summed E-state index contributed by atoms with van der Waals surface area (Å²) in [6.07, 6.45) is 1.95. The lowest BCUT2D eigenvalue weighted by atomic mass is 9.84. The molecule has 8 aromatic rings. The number of benzene rings is 6. The lowest BCUT2D eigenvalue weighted by molar-refractivity contribution is 0.937. The van der Waals surface area contributed by atoms with E-state index >= 15 is 0 Å². The van der Waals surface area contributed by atoms with E-state index in [4.69, 9.17) is 15.0 Å². The van der Waals surface area contributed by atoms with E-state index in [0.717, 1.165) is 29.5 Å². The van der Waals surface area contributed by atoms with E-state index in [1.807, 2.05) is 60.7 Å². The van der Waals surface area contributed by atoms with Crippen LogP contribution in [0, 0.1) is 0 Å². The minimum atomic E-state index is 0.681. The topological polar surface area (TPSA) is 43.6 Å². The molecule has 0 saturated carbocycles. The van der Waals surface area contributed by atoms with Gasteiger partial charge in [0.05, 0.1) is 11.0 Å². The Morgan fingerprint density at radius 3 is 1.44 bits per heavy atom. The number of aryl methyl sites for hydroxylation is 2. The number of para-hydroxylation sites is 2. The maximum atomic E-state index is 4.96. The third-order valence-electron chi connectivity index (χ3n) is 8.94. The molecule has 0 aliphatic heterocycles. The highest BCUT2D eigenvalue weighted by Crippen LogP contribution is 2.39. The molecular formula is C41H28N4. The van der Waals surface area contributed by atoms with Crippen molar-refractivity contribution in [2.45, 2.75) is 12.8 Å². The smallest absolute Gasteiger partial charge is 0.164 e. The van der Waals surface area contributed by atoms with Crippen LogP contribution in [0.4, 0.5) is 0 Å². The summed E-state index contributed by atoms with van der Waals surface area (Å²) < 4.78 is 2.40. The van der Waals surface area contributed by atoms with Gasteiger partial charge in [0.25, 0.3) is 0 Å². The van der Waals surface area contributed by atoms with E-state index in [1.54, 1.807) is 0 Å². The van der Waals surface area contributed by atoms with Crippen LogP contribution in [0.5, 0.6) is 0 Å². The number of hydrogen-bond acceptors (Lipinski definition) is 3. The monoisotopic (exact) mass is 576 g/mol. The Balaban J connectivity index is 1.13. The van der Waals surface area contributed by atoms with Crippen LogP contribution in [0.1, 0.15) is 11.1 Å². The summed E-state index contributed by atoms with van der Waals surface area (Å²) in [5, 5.41) is 2.57. The van der Waals surface area contributed by atoms with Gasteiger partial charge in [0, 0.05) is 33.2 Å². The summed E-state index contributed by atoms with van der Waals surface area (Å²) in [4.78, 5) is 14.8. The fourth-order valence-corrected chi connectivity index (χ4v) is 6.80. The first-order valence-electron chi connectivity index (χ1n) is 15.4. The normalized spacial score (nSPS) is 12.3. The lowest BCUT2D eigenvalue weighted by Crippen LogP contribution is -2.06. The fraction of sp³-hybridized carbons (Fsp3) is 0.0488. The minimum Gasteiger partial charge on any atom is -0.309 e. The molecule has 0 spiro atoms. The first-order valence-corrected chi connectivity index (χ1v) is 15.4. The van der Waals surface area contributed by atoms with Crippen LogP contribution in [-0.2, 0) is 12.8 Å². The summed E-state index contributed by atoms with van der Waals surface area (Å²) in [7, 11) is 0. The van der Waals surface area contributed by atoms with Crippen LogP contribution in [0.15, 0.2) is 146 Å². The van der Waals surface area contributed by atoms with Crippen molar-refractivity contribution in [1.29, 1.82) is 0 Å². The number of hydrogen-bond donors (Lipinski definition) is 0. The average Bonchev–Trinajstić information content (AvgIpc) is 3.46. The zero-order valence-electron chi connectivity index (χ0n) is 24.6. The van der Waals surface area contributed by atoms with Crippen molar-refractivity contribution >= 4 is 21.8 Å². The molecule has 0 bridgehead atoms. The maximum absolute atomic E-state index is 4.96. The molecule has 0 fully saturated rings. The van der Waals surface area contributed by atoms with Crippen molar-refractivity contribution in [3.8, 4) is 51.0 Å². The van der Waals surface area contributed by atoms with Crippen molar-refractivity contribution in [2.75, 3.05) is 0 Å². The third-order valence-corrected chi connectivity index (χ3v) is 8.94. The second-order valence-electron chi connectivity index (χ2n) is 11.6. The van der Waals surface area contributed by atoms with Gasteiger partial charge in [0.2, 0.25) is 0 Å². The molecule has 9 rings (SSSR count). The van der Waals surface area contributed by atoms with Crippen molar-refractivity contribution < 1.29 is 0 Å². The van der Waals surface area contributed by atoms with E-state index in [0.29, 0.717) is 17.5 Å². The van der Waals surface area contributed by atoms with Crippen molar-refractivity contribution in [2.24, 2.45) is 0 Å². The molecule has 0 amide bonds. The number of aromatic nitrogens is 4. The lowest BCUT2D eigenvalue weighted by Gasteiger charge is -2.22. The van der Waals surface area contributed by atoms with Crippen molar-refractivity contribution in [1.82, 2.24) is 19.5 Å². The van der Waals surface area contributed by atoms with Gasteiger partial charge < -0.3 is 4.57 Å². The van der Waals surface area contributed by atoms with Crippen molar-refractivity contribution in [3.05, 3.63) is 157 Å². The Morgan fingerprint density at radius 1 is 0.400 bits per heavy atom. The molecule has 4 heteroatoms. The molecule has 1 aliphatic carbocycles. The molecule has 2 aromatic heterocycles. The molecule has 2 heterocycles. The number of nitrogens with zero attached hydrogens (tertiary/aromatic N) is 4. The van der Waals surface area contributed by atoms with Crippen LogP contribution in [0.25, 0.3) is 72.8 Å². The van der Waals surface area contributed by atoms with Gasteiger partial charge in [-0.3, -0.25) is 0 Å². The van der Waals surface area contributed by atoms with Crippen LogP contribution < -0.4 is 0 Å². The third kappa shape index (κ3) is 4.34. The van der Waals surface area contributed by atoms with Gasteiger partial charge in [-0.2, -0.15) is 0 Å². The van der Waals surface area contributed by atoms with Crippen LogP contribution >= 0.6 is 0 Å². The summed E-state index contributed by atoms with van der Waals surface area (Å²) in [5.41, 5.74) is 11.9. The van der Waals surface area contributed by atoms with Gasteiger partial charge in [0.1, 0.15) is 0 Å². The number of rotatable bonds is 4. The van der Waals surface area contributed by atoms with Crippen molar-refractivity contribution in [3.63, 3.8) is 0 Å². The first kappa shape index (κ1) is 25.6. The first-order chi connectivity index (χ1) is 22.3. The fourth-order valence-electron chi connectivity index (χ4n) is 6.80. The van der Waals surface area contributed by atoms with Gasteiger partial charge in [-0.25, -0.2) is 15.0 Å². The molecule has 4 nitrogen and oxygen atoms in total. The predicted octanol–water partition coefficient (Wildman–Crippen LogP) is 9.74. The van der Waals surface area contributed by atoms with E-state index in [9.17, 15) is 0 Å². The Bertz CT molecular complexity index is 2260. The summed E-state index contributed by atoms with van der Waals surface area (Å²) in [5.74, 6) is 2.05. The zero-order chi connectivity index (χ0) is 29.7. The van der Waals surface area contributed by atoms with E-state index < -0.39 is 0 Å². The molecule has 0 N–H and O–H groups in total. The highest BCUT2D eigenvalue weighted by Gasteiger charge is 2.20. The molecule has 1 aliphatic rings. The highest BCUT2D eigenvalue weighted by molar-refractivity contribution is 6.09. The molecule has 212 valence electrons. The molecular weight excluding hydrogens is 548 g/mol. The van der Waals surface area contributed by atoms with Gasteiger partial charge in [0.15, 0.2) is 17.5 Å². The van der Waals surface area contributed by atoms with E-state index in [2.05, 4.69) is 89.5 Å². The average molecular weight is 577 g/mol. The summed E-state index contributed by atoms with van der Waals surface area (Å²) in [6, 6.07) is 51.3. The predicted molar refractivity (Wildman–Crippen MR) is 183 cm³/mol. The minimum absolute atomic E-state index is 0.681. The Hall–Kier alpha value is -5.87. The molecule has 6 aromatic carbocycles. The summed E-state index contributed by atoms with van der Waals surface area (Å²) >= 11 is 0. The molecule has 0 radical (unpaired) electrons. The molecule has 0 saturated heterocycles. The van der Waals surface area contributed by atoms with Gasteiger partial charge in [-0.05, 0) is 65.4 Å². The second-order valence-corrected chi connectivity index (χ2v) is 11.6. The van der Waals surface area contributed by atoms with Crippen LogP contribution in [0.3, 0.4) is 0 Å². The van der Waals surface area contributed by atoms with Gasteiger partial charge >= 0.3 is 0 Å². The van der Waals surface area contributed by atoms with Crippen LogP contribution in [0.2, 0.25) is 0 Å². The highest BCUT2D eigenvalue weighted by atomic mass is 15.0. The quantitative estimate of drug-likeness (QED) is 0.209. The SMILES string of the molecule is c1ccc(-c2nc(-c3ccccc3)nc(-c3ccc4c(c3)CCc3cc(-n5c6ccccc6c6ccccc65)ccc3-4)n2)cc1. The Kier molecular flexibility index (Phi) is 5.91. The number of fused-ring (bicyclic) bond motifs is 6. The molecule has 0 atom stereocenters. The molecule has 0 unspecified atom stereocenters. The van der Waals surface area contributed by atoms with E-state index in [1.165, 1.54) is 49.7 Å². The van der Waals surface area contributed by atoms with Gasteiger partial charge in [-0.15, -0.1) is 0 Å². The zero-order valence-corrected chi connectivity index (χ0v) is 24.6. The van der Waals surface area contributed by atoms with E-state index in [-0.39, 0.29) is 0 Å². The van der Waals surface area contributed by atoms with Gasteiger partial charge in [-0.1, -0.05) is 115 Å².